The molecule has 1 fully saturated rings. The largest absolute Gasteiger partial charge is 0.493 e. The predicted octanol–water partition coefficient (Wildman–Crippen LogP) is 2.71. The summed E-state index contributed by atoms with van der Waals surface area (Å²) in [5.41, 5.74) is 1.15. The molecule has 1 aliphatic rings. The molecule has 28 heavy (non-hydrogen) atoms. The van der Waals surface area contributed by atoms with Gasteiger partial charge in [0.05, 0.1) is 26.7 Å². The van der Waals surface area contributed by atoms with Gasteiger partial charge in [-0.2, -0.15) is 0 Å². The molecule has 2 rings (SSSR count). The summed E-state index contributed by atoms with van der Waals surface area (Å²) >= 11 is 0. The fourth-order valence-electron chi connectivity index (χ4n) is 3.31. The number of methoxy groups -OCH3 is 2. The third kappa shape index (κ3) is 6.72. The Kier molecular flexibility index (Phi) is 11.0. The highest BCUT2D eigenvalue weighted by Gasteiger charge is 2.28. The number of hydrogen-bond acceptors (Lipinski definition) is 5. The van der Waals surface area contributed by atoms with E-state index in [0.29, 0.717) is 13.2 Å². The number of piperidine rings is 1. The van der Waals surface area contributed by atoms with Gasteiger partial charge in [0.2, 0.25) is 0 Å². The van der Waals surface area contributed by atoms with Gasteiger partial charge in [0.25, 0.3) is 0 Å². The molecular formula is C20H32IN3O4. The summed E-state index contributed by atoms with van der Waals surface area (Å²) in [6.45, 7) is 4.55. The van der Waals surface area contributed by atoms with Crippen molar-refractivity contribution in [3.8, 4) is 11.5 Å². The fraction of sp³-hybridized carbons (Fsp3) is 0.600. The van der Waals surface area contributed by atoms with Gasteiger partial charge in [0.15, 0.2) is 17.5 Å². The highest BCUT2D eigenvalue weighted by Crippen LogP contribution is 2.27. The van der Waals surface area contributed by atoms with Crippen LogP contribution in [0, 0.1) is 5.92 Å². The average Bonchev–Trinajstić information content (AvgIpc) is 2.71. The number of nitrogens with zero attached hydrogens (tertiary/aromatic N) is 2. The average molecular weight is 505 g/mol. The van der Waals surface area contributed by atoms with Gasteiger partial charge < -0.3 is 24.4 Å². The van der Waals surface area contributed by atoms with Crippen molar-refractivity contribution < 1.29 is 19.0 Å². The summed E-state index contributed by atoms with van der Waals surface area (Å²) in [6, 6.07) is 5.93. The van der Waals surface area contributed by atoms with Crippen molar-refractivity contribution in [1.82, 2.24) is 10.2 Å². The van der Waals surface area contributed by atoms with Gasteiger partial charge in [0, 0.05) is 26.7 Å². The molecule has 7 nitrogen and oxygen atoms in total. The number of rotatable bonds is 7. The Labute approximate surface area is 184 Å². The molecule has 1 N–H and O–H groups in total. The second-order valence-corrected chi connectivity index (χ2v) is 6.45. The van der Waals surface area contributed by atoms with E-state index in [1.54, 1.807) is 21.3 Å². The molecule has 0 aliphatic carbocycles. The summed E-state index contributed by atoms with van der Waals surface area (Å²) in [5, 5.41) is 3.40. The maximum atomic E-state index is 12.0. The first kappa shape index (κ1) is 24.3. The number of aliphatic imine (C=N–C) groups is 1. The summed E-state index contributed by atoms with van der Waals surface area (Å²) < 4.78 is 15.8. The van der Waals surface area contributed by atoms with E-state index in [4.69, 9.17) is 14.2 Å². The number of esters is 1. The standard InChI is InChI=1S/C20H31N3O4.HI/c1-5-27-19(24)16-7-6-12-23(14-16)20(21-2)22-11-10-15-8-9-17(25-3)18(13-15)26-4;/h8-9,13,16H,5-7,10-12,14H2,1-4H3,(H,21,22);1H. The zero-order valence-corrected chi connectivity index (χ0v) is 19.5. The number of hydrogen-bond donors (Lipinski definition) is 1. The predicted molar refractivity (Wildman–Crippen MR) is 121 cm³/mol. The summed E-state index contributed by atoms with van der Waals surface area (Å²) in [4.78, 5) is 18.6. The molecule has 1 unspecified atom stereocenters. The van der Waals surface area contributed by atoms with Gasteiger partial charge in [-0.05, 0) is 43.9 Å². The molecule has 1 aliphatic heterocycles. The number of guanidine groups is 1. The summed E-state index contributed by atoms with van der Waals surface area (Å²) in [6.07, 6.45) is 2.66. The van der Waals surface area contributed by atoms with Crippen LogP contribution in [0.2, 0.25) is 0 Å². The van der Waals surface area contributed by atoms with Crippen LogP contribution in [0.5, 0.6) is 11.5 Å². The molecule has 0 radical (unpaired) electrons. The van der Waals surface area contributed by atoms with Gasteiger partial charge in [-0.1, -0.05) is 6.07 Å². The molecule has 0 amide bonds. The van der Waals surface area contributed by atoms with E-state index in [-0.39, 0.29) is 35.9 Å². The SMILES string of the molecule is CCOC(=O)C1CCCN(C(=NC)NCCc2ccc(OC)c(OC)c2)C1.I. The van der Waals surface area contributed by atoms with Gasteiger partial charge in [-0.25, -0.2) is 0 Å². The molecule has 0 saturated carbocycles. The van der Waals surface area contributed by atoms with Crippen molar-refractivity contribution in [2.24, 2.45) is 10.9 Å². The quantitative estimate of drug-likeness (QED) is 0.266. The fourth-order valence-corrected chi connectivity index (χ4v) is 3.31. The molecular weight excluding hydrogens is 473 g/mol. The summed E-state index contributed by atoms with van der Waals surface area (Å²) in [7, 11) is 5.04. The number of nitrogens with one attached hydrogen (secondary N) is 1. The van der Waals surface area contributed by atoms with Crippen molar-refractivity contribution in [3.05, 3.63) is 23.8 Å². The number of halogens is 1. The number of ether oxygens (including phenoxy) is 3. The Hall–Kier alpha value is -1.71. The number of carbonyl (C=O) groups is 1. The van der Waals surface area contributed by atoms with Crippen LogP contribution in [0.3, 0.4) is 0 Å². The highest BCUT2D eigenvalue weighted by molar-refractivity contribution is 14.0. The zero-order chi connectivity index (χ0) is 19.6. The number of likely N-dealkylation sites (tertiary alicyclic amines) is 1. The molecule has 0 spiro atoms. The molecule has 1 aromatic rings. The van der Waals surface area contributed by atoms with E-state index in [9.17, 15) is 4.79 Å². The lowest BCUT2D eigenvalue weighted by atomic mass is 9.98. The second kappa shape index (κ2) is 12.7. The van der Waals surface area contributed by atoms with Crippen LogP contribution in [0.15, 0.2) is 23.2 Å². The topological polar surface area (TPSA) is 72.4 Å². The van der Waals surface area contributed by atoms with Crippen molar-refractivity contribution in [1.29, 1.82) is 0 Å². The molecule has 8 heteroatoms. The molecule has 1 heterocycles. The first-order valence-electron chi connectivity index (χ1n) is 9.46. The Bertz CT molecular complexity index is 654. The second-order valence-electron chi connectivity index (χ2n) is 6.45. The molecule has 0 aromatic heterocycles. The van der Waals surface area contributed by atoms with Crippen LogP contribution < -0.4 is 14.8 Å². The lowest BCUT2D eigenvalue weighted by Crippen LogP contribution is -2.48. The van der Waals surface area contributed by atoms with Crippen molar-refractivity contribution in [3.63, 3.8) is 0 Å². The third-order valence-corrected chi connectivity index (χ3v) is 4.70. The van der Waals surface area contributed by atoms with Crippen LogP contribution in [0.1, 0.15) is 25.3 Å². The van der Waals surface area contributed by atoms with E-state index >= 15 is 0 Å². The van der Waals surface area contributed by atoms with E-state index in [1.807, 2.05) is 25.1 Å². The normalized spacial score (nSPS) is 16.8. The van der Waals surface area contributed by atoms with Gasteiger partial charge in [-0.15, -0.1) is 24.0 Å². The van der Waals surface area contributed by atoms with Crippen LogP contribution >= 0.6 is 24.0 Å². The Balaban J connectivity index is 0.00000392. The molecule has 1 saturated heterocycles. The van der Waals surface area contributed by atoms with E-state index < -0.39 is 0 Å². The van der Waals surface area contributed by atoms with E-state index in [1.165, 1.54) is 0 Å². The smallest absolute Gasteiger partial charge is 0.310 e. The maximum Gasteiger partial charge on any atom is 0.310 e. The molecule has 0 bridgehead atoms. The minimum absolute atomic E-state index is 0. The van der Waals surface area contributed by atoms with E-state index in [0.717, 1.165) is 55.4 Å². The van der Waals surface area contributed by atoms with Crippen molar-refractivity contribution >= 4 is 35.9 Å². The van der Waals surface area contributed by atoms with Crippen LogP contribution in [0.25, 0.3) is 0 Å². The van der Waals surface area contributed by atoms with Crippen LogP contribution in [0.4, 0.5) is 0 Å². The number of carbonyl (C=O) groups excluding carboxylic acids is 1. The lowest BCUT2D eigenvalue weighted by Gasteiger charge is -2.34. The number of benzene rings is 1. The minimum Gasteiger partial charge on any atom is -0.493 e. The van der Waals surface area contributed by atoms with Crippen LogP contribution in [-0.4, -0.2) is 64.3 Å². The Morgan fingerprint density at radius 3 is 2.68 bits per heavy atom. The first-order chi connectivity index (χ1) is 13.1. The lowest BCUT2D eigenvalue weighted by molar-refractivity contribution is -0.149. The monoisotopic (exact) mass is 505 g/mol. The first-order valence-corrected chi connectivity index (χ1v) is 9.46. The highest BCUT2D eigenvalue weighted by atomic mass is 127. The molecule has 1 aromatic carbocycles. The molecule has 158 valence electrons. The van der Waals surface area contributed by atoms with Gasteiger partial charge in [0.1, 0.15) is 0 Å². The summed E-state index contributed by atoms with van der Waals surface area (Å²) in [5.74, 6) is 2.09. The maximum absolute atomic E-state index is 12.0. The zero-order valence-electron chi connectivity index (χ0n) is 17.2. The van der Waals surface area contributed by atoms with Crippen molar-refractivity contribution in [2.75, 3.05) is 47.5 Å². The Morgan fingerprint density at radius 2 is 2.04 bits per heavy atom. The van der Waals surface area contributed by atoms with Gasteiger partial charge in [-0.3, -0.25) is 9.79 Å². The van der Waals surface area contributed by atoms with Crippen LogP contribution in [-0.2, 0) is 16.0 Å². The van der Waals surface area contributed by atoms with Crippen molar-refractivity contribution in [2.45, 2.75) is 26.2 Å². The Morgan fingerprint density at radius 1 is 1.29 bits per heavy atom. The van der Waals surface area contributed by atoms with E-state index in [2.05, 4.69) is 15.2 Å². The minimum atomic E-state index is -0.108. The third-order valence-electron chi connectivity index (χ3n) is 4.70. The molecule has 1 atom stereocenters. The van der Waals surface area contributed by atoms with Gasteiger partial charge >= 0.3 is 5.97 Å².